The molecule has 0 aliphatic carbocycles. The largest absolute Gasteiger partial charge is 0.337 e. The Morgan fingerprint density at radius 1 is 1.40 bits per heavy atom. The van der Waals surface area contributed by atoms with Gasteiger partial charge in [0.05, 0.1) is 6.04 Å². The zero-order valence-electron chi connectivity index (χ0n) is 12.5. The first kappa shape index (κ1) is 15.0. The summed E-state index contributed by atoms with van der Waals surface area (Å²) in [6.07, 6.45) is 2.79. The van der Waals surface area contributed by atoms with Gasteiger partial charge in [-0.25, -0.2) is 0 Å². The number of nitrogens with zero attached hydrogens (tertiary/aromatic N) is 2. The molecule has 0 bridgehead atoms. The van der Waals surface area contributed by atoms with Gasteiger partial charge in [0.1, 0.15) is 0 Å². The van der Waals surface area contributed by atoms with Crippen LogP contribution in [0.4, 0.5) is 0 Å². The highest BCUT2D eigenvalue weighted by molar-refractivity contribution is 5.82. The SMILES string of the molecule is CN(C)CC1CCCN1C(=O)[C@@H](N)Cc1ccccc1. The summed E-state index contributed by atoms with van der Waals surface area (Å²) in [6, 6.07) is 9.88. The molecule has 2 rings (SSSR count). The lowest BCUT2D eigenvalue weighted by atomic mass is 10.1. The fraction of sp³-hybridized carbons (Fsp3) is 0.562. The van der Waals surface area contributed by atoms with Gasteiger partial charge in [-0.15, -0.1) is 0 Å². The molecule has 1 saturated heterocycles. The number of carbonyl (C=O) groups excluding carboxylic acids is 1. The molecule has 1 heterocycles. The first-order valence-electron chi connectivity index (χ1n) is 7.32. The van der Waals surface area contributed by atoms with Gasteiger partial charge in [0.15, 0.2) is 0 Å². The number of carbonyl (C=O) groups is 1. The van der Waals surface area contributed by atoms with Crippen LogP contribution in [0.15, 0.2) is 30.3 Å². The molecular formula is C16H25N3O. The van der Waals surface area contributed by atoms with E-state index in [0.717, 1.165) is 31.5 Å². The van der Waals surface area contributed by atoms with Crippen LogP contribution < -0.4 is 5.73 Å². The summed E-state index contributed by atoms with van der Waals surface area (Å²) < 4.78 is 0. The summed E-state index contributed by atoms with van der Waals surface area (Å²) >= 11 is 0. The minimum absolute atomic E-state index is 0.0956. The molecular weight excluding hydrogens is 250 g/mol. The van der Waals surface area contributed by atoms with Crippen molar-refractivity contribution in [3.63, 3.8) is 0 Å². The van der Waals surface area contributed by atoms with Crippen LogP contribution in [0, 0.1) is 0 Å². The van der Waals surface area contributed by atoms with E-state index in [1.54, 1.807) is 0 Å². The number of benzene rings is 1. The molecule has 20 heavy (non-hydrogen) atoms. The van der Waals surface area contributed by atoms with Crippen molar-refractivity contribution in [1.82, 2.24) is 9.80 Å². The topological polar surface area (TPSA) is 49.6 Å². The molecule has 0 radical (unpaired) electrons. The fourth-order valence-electron chi connectivity index (χ4n) is 2.91. The van der Waals surface area contributed by atoms with Gasteiger partial charge in [-0.3, -0.25) is 4.79 Å². The molecule has 4 nitrogen and oxygen atoms in total. The van der Waals surface area contributed by atoms with E-state index < -0.39 is 6.04 Å². The molecule has 1 aliphatic heterocycles. The molecule has 1 amide bonds. The average Bonchev–Trinajstić information content (AvgIpc) is 2.86. The Balaban J connectivity index is 1.95. The maximum Gasteiger partial charge on any atom is 0.240 e. The lowest BCUT2D eigenvalue weighted by molar-refractivity contribution is -0.133. The van der Waals surface area contributed by atoms with Gasteiger partial charge in [0.2, 0.25) is 5.91 Å². The van der Waals surface area contributed by atoms with E-state index in [2.05, 4.69) is 4.90 Å². The minimum Gasteiger partial charge on any atom is -0.337 e. The number of rotatable bonds is 5. The van der Waals surface area contributed by atoms with Crippen LogP contribution in [0.5, 0.6) is 0 Å². The van der Waals surface area contributed by atoms with Crippen LogP contribution in [-0.4, -0.2) is 55.0 Å². The fourth-order valence-corrected chi connectivity index (χ4v) is 2.91. The maximum absolute atomic E-state index is 12.5. The predicted molar refractivity (Wildman–Crippen MR) is 81.4 cm³/mol. The number of hydrogen-bond acceptors (Lipinski definition) is 3. The standard InChI is InChI=1S/C16H25N3O/c1-18(2)12-14-9-6-10-19(14)16(20)15(17)11-13-7-4-3-5-8-13/h3-5,7-8,14-15H,6,9-12,17H2,1-2H3/t14?,15-/m0/s1. The second-order valence-electron chi connectivity index (χ2n) is 5.89. The predicted octanol–water partition coefficient (Wildman–Crippen LogP) is 1.11. The second kappa shape index (κ2) is 6.86. The molecule has 0 aromatic heterocycles. The van der Waals surface area contributed by atoms with E-state index in [4.69, 9.17) is 5.73 Å². The molecule has 2 atom stereocenters. The van der Waals surface area contributed by atoms with Crippen LogP contribution in [0.25, 0.3) is 0 Å². The third kappa shape index (κ3) is 3.81. The van der Waals surface area contributed by atoms with Gasteiger partial charge in [0, 0.05) is 19.1 Å². The van der Waals surface area contributed by atoms with E-state index in [1.165, 1.54) is 0 Å². The Hall–Kier alpha value is -1.39. The van der Waals surface area contributed by atoms with Gasteiger partial charge in [-0.1, -0.05) is 30.3 Å². The van der Waals surface area contributed by atoms with Gasteiger partial charge in [-0.2, -0.15) is 0 Å². The maximum atomic E-state index is 12.5. The molecule has 0 saturated carbocycles. The van der Waals surface area contributed by atoms with Crippen LogP contribution >= 0.6 is 0 Å². The number of likely N-dealkylation sites (N-methyl/N-ethyl adjacent to an activating group) is 1. The lowest BCUT2D eigenvalue weighted by Crippen LogP contribution is -2.49. The number of nitrogens with two attached hydrogens (primary N) is 1. The second-order valence-corrected chi connectivity index (χ2v) is 5.89. The molecule has 0 spiro atoms. The highest BCUT2D eigenvalue weighted by atomic mass is 16.2. The monoisotopic (exact) mass is 275 g/mol. The van der Waals surface area contributed by atoms with Crippen molar-refractivity contribution < 1.29 is 4.79 Å². The van der Waals surface area contributed by atoms with Crippen molar-refractivity contribution >= 4 is 5.91 Å². The first-order valence-corrected chi connectivity index (χ1v) is 7.32. The summed E-state index contributed by atoms with van der Waals surface area (Å²) in [4.78, 5) is 16.6. The normalized spacial score (nSPS) is 20.4. The van der Waals surface area contributed by atoms with Crippen molar-refractivity contribution in [3.05, 3.63) is 35.9 Å². The van der Waals surface area contributed by atoms with E-state index in [1.807, 2.05) is 49.3 Å². The van der Waals surface area contributed by atoms with E-state index in [9.17, 15) is 4.79 Å². The van der Waals surface area contributed by atoms with Gasteiger partial charge in [-0.05, 0) is 38.9 Å². The zero-order chi connectivity index (χ0) is 14.5. The molecule has 1 unspecified atom stereocenters. The highest BCUT2D eigenvalue weighted by Gasteiger charge is 2.31. The smallest absolute Gasteiger partial charge is 0.240 e. The Labute approximate surface area is 121 Å². The Kier molecular flexibility index (Phi) is 5.15. The van der Waals surface area contributed by atoms with Crippen LogP contribution in [0.2, 0.25) is 0 Å². The quantitative estimate of drug-likeness (QED) is 0.876. The van der Waals surface area contributed by atoms with E-state index in [0.29, 0.717) is 12.5 Å². The zero-order valence-corrected chi connectivity index (χ0v) is 12.5. The van der Waals surface area contributed by atoms with E-state index in [-0.39, 0.29) is 5.91 Å². The molecule has 1 fully saturated rings. The summed E-state index contributed by atoms with van der Waals surface area (Å²) in [5.41, 5.74) is 7.24. The molecule has 1 aromatic rings. The lowest BCUT2D eigenvalue weighted by Gasteiger charge is -2.29. The number of hydrogen-bond donors (Lipinski definition) is 1. The summed E-state index contributed by atoms with van der Waals surface area (Å²) in [6.45, 7) is 1.77. The molecule has 1 aliphatic rings. The van der Waals surface area contributed by atoms with Gasteiger partial charge < -0.3 is 15.5 Å². The third-order valence-corrected chi connectivity index (χ3v) is 3.85. The van der Waals surface area contributed by atoms with Crippen LogP contribution in [0.3, 0.4) is 0 Å². The van der Waals surface area contributed by atoms with Crippen molar-refractivity contribution in [3.8, 4) is 0 Å². The molecule has 1 aromatic carbocycles. The molecule has 110 valence electrons. The van der Waals surface area contributed by atoms with Gasteiger partial charge >= 0.3 is 0 Å². The Morgan fingerprint density at radius 2 is 2.10 bits per heavy atom. The average molecular weight is 275 g/mol. The molecule has 4 heteroatoms. The van der Waals surface area contributed by atoms with E-state index >= 15 is 0 Å². The van der Waals surface area contributed by atoms with Crippen molar-refractivity contribution in [2.75, 3.05) is 27.2 Å². The minimum atomic E-state index is -0.430. The van der Waals surface area contributed by atoms with Crippen LogP contribution in [-0.2, 0) is 11.2 Å². The highest BCUT2D eigenvalue weighted by Crippen LogP contribution is 2.19. The Bertz CT molecular complexity index is 433. The first-order chi connectivity index (χ1) is 9.58. The number of amides is 1. The van der Waals surface area contributed by atoms with Crippen molar-refractivity contribution in [2.24, 2.45) is 5.73 Å². The third-order valence-electron chi connectivity index (χ3n) is 3.85. The number of likely N-dealkylation sites (tertiary alicyclic amines) is 1. The van der Waals surface area contributed by atoms with Crippen molar-refractivity contribution in [1.29, 1.82) is 0 Å². The van der Waals surface area contributed by atoms with Gasteiger partial charge in [0.25, 0.3) is 0 Å². The summed E-state index contributed by atoms with van der Waals surface area (Å²) in [5, 5.41) is 0. The Morgan fingerprint density at radius 3 is 2.75 bits per heavy atom. The summed E-state index contributed by atoms with van der Waals surface area (Å²) in [7, 11) is 4.09. The van der Waals surface area contributed by atoms with Crippen LogP contribution in [0.1, 0.15) is 18.4 Å². The van der Waals surface area contributed by atoms with Crippen molar-refractivity contribution in [2.45, 2.75) is 31.3 Å². The molecule has 2 N–H and O–H groups in total. The summed E-state index contributed by atoms with van der Waals surface area (Å²) in [5.74, 6) is 0.0956.